The van der Waals surface area contributed by atoms with E-state index >= 15 is 4.79 Å². The zero-order valence-corrected chi connectivity index (χ0v) is 28.8. The van der Waals surface area contributed by atoms with E-state index in [1.165, 1.54) is 0 Å². The van der Waals surface area contributed by atoms with Gasteiger partial charge in [-0.2, -0.15) is 0 Å². The number of anilines is 3. The number of carbonyl (C=O) groups is 2. The van der Waals surface area contributed by atoms with Crippen molar-refractivity contribution in [2.24, 2.45) is 5.92 Å². The van der Waals surface area contributed by atoms with Gasteiger partial charge in [0.05, 0.1) is 35.3 Å². The molecule has 1 saturated heterocycles. The number of rotatable bonds is 9. The standard InChI is InChI=1S/C38H39N5O5Si/c1-24-35(49(2,3)47)33(17-19-41-23-27(18-20-44)39-40-41)48-38(24)30-21-28(15-16-31(30)42(37(38)46)22-25-9-5-4-6-10-25)43-32-14-8-12-26-11-7-13-29(34(26)32)36(43)45/h4-16,21,23-24,33,35,44,47H,17-20,22H2,1-3H3/t24-,33+,35-,38+/m0/s1. The third-order valence-electron chi connectivity index (χ3n) is 10.6. The predicted octanol–water partition coefficient (Wildman–Crippen LogP) is 5.69. The van der Waals surface area contributed by atoms with Crippen molar-refractivity contribution in [1.82, 2.24) is 15.0 Å². The Morgan fingerprint density at radius 2 is 1.73 bits per heavy atom. The number of fused-ring (bicyclic) bond motifs is 2. The lowest BCUT2D eigenvalue weighted by Crippen LogP contribution is -2.46. The molecule has 3 aliphatic rings. The molecule has 49 heavy (non-hydrogen) atoms. The molecule has 2 N–H and O–H groups in total. The summed E-state index contributed by atoms with van der Waals surface area (Å²) in [7, 11) is -2.90. The first kappa shape index (κ1) is 31.6. The third kappa shape index (κ3) is 4.94. The lowest BCUT2D eigenvalue weighted by molar-refractivity contribution is -0.146. The van der Waals surface area contributed by atoms with Crippen molar-refractivity contribution >= 4 is 48.0 Å². The van der Waals surface area contributed by atoms with Crippen LogP contribution in [-0.2, 0) is 34.6 Å². The number of aromatic nitrogens is 3. The van der Waals surface area contributed by atoms with E-state index < -0.39 is 20.0 Å². The van der Waals surface area contributed by atoms with Crippen LogP contribution in [0.5, 0.6) is 0 Å². The van der Waals surface area contributed by atoms with E-state index in [4.69, 9.17) is 4.74 Å². The number of benzene rings is 4. The lowest BCUT2D eigenvalue weighted by Gasteiger charge is -2.32. The Morgan fingerprint density at radius 3 is 2.49 bits per heavy atom. The van der Waals surface area contributed by atoms with Crippen LogP contribution in [0.4, 0.5) is 17.1 Å². The van der Waals surface area contributed by atoms with E-state index in [1.54, 1.807) is 14.5 Å². The van der Waals surface area contributed by atoms with Crippen molar-refractivity contribution in [2.75, 3.05) is 16.4 Å². The molecule has 3 aliphatic heterocycles. The summed E-state index contributed by atoms with van der Waals surface area (Å²) in [4.78, 5) is 44.3. The fraction of sp³-hybridized carbons (Fsp3) is 0.316. The number of hydrogen-bond acceptors (Lipinski definition) is 7. The van der Waals surface area contributed by atoms with Gasteiger partial charge < -0.3 is 19.5 Å². The van der Waals surface area contributed by atoms with Crippen LogP contribution < -0.4 is 9.80 Å². The average molecular weight is 674 g/mol. The number of aryl methyl sites for hydroxylation is 1. The van der Waals surface area contributed by atoms with Gasteiger partial charge in [0.1, 0.15) is 0 Å². The molecule has 4 atom stereocenters. The molecule has 250 valence electrons. The molecule has 0 unspecified atom stereocenters. The maximum absolute atomic E-state index is 15.0. The number of aliphatic hydroxyl groups is 1. The highest BCUT2D eigenvalue weighted by Gasteiger charge is 2.66. The fourth-order valence-corrected chi connectivity index (χ4v) is 11.1. The number of ether oxygens (including phenoxy) is 1. The van der Waals surface area contributed by atoms with Crippen LogP contribution in [-0.4, -0.2) is 57.7 Å². The largest absolute Gasteiger partial charge is 0.432 e. The zero-order chi connectivity index (χ0) is 34.1. The Kier molecular flexibility index (Phi) is 7.56. The molecular weight excluding hydrogens is 635 g/mol. The van der Waals surface area contributed by atoms with E-state index in [1.807, 2.05) is 111 Å². The monoisotopic (exact) mass is 673 g/mol. The summed E-state index contributed by atoms with van der Waals surface area (Å²) >= 11 is 0. The van der Waals surface area contributed by atoms with Crippen LogP contribution in [0.1, 0.15) is 40.5 Å². The van der Waals surface area contributed by atoms with Gasteiger partial charge in [-0.05, 0) is 60.8 Å². The smallest absolute Gasteiger partial charge is 0.264 e. The van der Waals surface area contributed by atoms with Crippen LogP contribution in [0.15, 0.2) is 91.1 Å². The second-order valence-corrected chi connectivity index (χ2v) is 18.0. The van der Waals surface area contributed by atoms with E-state index in [9.17, 15) is 14.7 Å². The van der Waals surface area contributed by atoms with Crippen LogP contribution in [0.3, 0.4) is 0 Å². The number of nitrogens with zero attached hydrogens (tertiary/aromatic N) is 5. The van der Waals surface area contributed by atoms with Crippen molar-refractivity contribution in [3.8, 4) is 0 Å². The number of aliphatic hydroxyl groups excluding tert-OH is 1. The van der Waals surface area contributed by atoms with Crippen molar-refractivity contribution in [3.63, 3.8) is 0 Å². The van der Waals surface area contributed by atoms with Crippen molar-refractivity contribution in [1.29, 1.82) is 0 Å². The SMILES string of the molecule is C[C@H]1[C@H]([Si](C)(C)O)[C@@H](CCn2cc(CCO)nn2)O[C@]12C(=O)N(Cc1ccccc1)c1ccc(N3C(=O)c4cccc5cccc3c45)cc12. The highest BCUT2D eigenvalue weighted by molar-refractivity contribution is 6.71. The van der Waals surface area contributed by atoms with Crippen LogP contribution in [0.2, 0.25) is 18.6 Å². The van der Waals surface area contributed by atoms with Gasteiger partial charge in [0.15, 0.2) is 13.9 Å². The summed E-state index contributed by atoms with van der Waals surface area (Å²) in [6.45, 7) is 6.69. The highest BCUT2D eigenvalue weighted by Crippen LogP contribution is 2.60. The molecule has 0 saturated carbocycles. The molecule has 1 spiro atoms. The average Bonchev–Trinajstić information content (AvgIpc) is 3.80. The topological polar surface area (TPSA) is 121 Å². The Balaban J connectivity index is 1.23. The minimum atomic E-state index is -2.90. The normalized spacial score (nSPS) is 23.0. The molecule has 8 rings (SSSR count). The quantitative estimate of drug-likeness (QED) is 0.193. The molecule has 2 amide bonds. The number of carbonyl (C=O) groups excluding carboxylic acids is 2. The summed E-state index contributed by atoms with van der Waals surface area (Å²) in [5, 5.41) is 19.6. The summed E-state index contributed by atoms with van der Waals surface area (Å²) in [5.74, 6) is -0.632. The maximum Gasteiger partial charge on any atom is 0.264 e. The molecule has 11 heteroatoms. The van der Waals surface area contributed by atoms with Gasteiger partial charge >= 0.3 is 0 Å². The van der Waals surface area contributed by atoms with Gasteiger partial charge in [-0.1, -0.05) is 66.7 Å². The second kappa shape index (κ2) is 11.7. The van der Waals surface area contributed by atoms with Gasteiger partial charge in [0.25, 0.3) is 11.8 Å². The molecule has 0 radical (unpaired) electrons. The molecule has 0 aliphatic carbocycles. The first-order chi connectivity index (χ1) is 23.6. The maximum atomic E-state index is 15.0. The second-order valence-electron chi connectivity index (χ2n) is 14.0. The zero-order valence-electron chi connectivity index (χ0n) is 27.8. The van der Waals surface area contributed by atoms with E-state index in [-0.39, 0.29) is 29.9 Å². The lowest BCUT2D eigenvalue weighted by atomic mass is 9.82. The van der Waals surface area contributed by atoms with E-state index in [0.29, 0.717) is 48.4 Å². The van der Waals surface area contributed by atoms with Crippen molar-refractivity contribution in [2.45, 2.75) is 63.2 Å². The summed E-state index contributed by atoms with van der Waals surface area (Å²) in [6.07, 6.45) is 2.31. The van der Waals surface area contributed by atoms with Gasteiger partial charge in [0.2, 0.25) is 0 Å². The molecule has 1 aromatic heterocycles. The number of amides is 2. The molecule has 0 bridgehead atoms. The van der Waals surface area contributed by atoms with Gasteiger partial charge in [-0.3, -0.25) is 19.2 Å². The fourth-order valence-electron chi connectivity index (χ4n) is 8.51. The van der Waals surface area contributed by atoms with Gasteiger partial charge in [-0.15, -0.1) is 5.10 Å². The highest BCUT2D eigenvalue weighted by atomic mass is 28.4. The minimum Gasteiger partial charge on any atom is -0.432 e. The molecule has 5 aromatic rings. The van der Waals surface area contributed by atoms with Gasteiger partial charge in [-0.25, -0.2) is 0 Å². The van der Waals surface area contributed by atoms with E-state index in [2.05, 4.69) is 10.3 Å². The molecular formula is C38H39N5O5Si. The van der Waals surface area contributed by atoms with Crippen LogP contribution in [0.25, 0.3) is 10.8 Å². The first-order valence-electron chi connectivity index (χ1n) is 16.9. The van der Waals surface area contributed by atoms with Crippen molar-refractivity contribution in [3.05, 3.63) is 114 Å². The number of hydrogen-bond donors (Lipinski definition) is 2. The molecule has 4 heterocycles. The molecule has 4 aromatic carbocycles. The molecule has 10 nitrogen and oxygen atoms in total. The third-order valence-corrected chi connectivity index (χ3v) is 13.1. The summed E-state index contributed by atoms with van der Waals surface area (Å²) < 4.78 is 8.82. The predicted molar refractivity (Wildman–Crippen MR) is 189 cm³/mol. The van der Waals surface area contributed by atoms with Crippen molar-refractivity contribution < 1.29 is 24.2 Å². The summed E-state index contributed by atoms with van der Waals surface area (Å²) in [5.41, 5.74) is 3.64. The minimum absolute atomic E-state index is 0.00983. The van der Waals surface area contributed by atoms with Crippen LogP contribution >= 0.6 is 0 Å². The first-order valence-corrected chi connectivity index (χ1v) is 19.9. The van der Waals surface area contributed by atoms with E-state index in [0.717, 1.165) is 27.7 Å². The Labute approximate surface area is 285 Å². The Morgan fingerprint density at radius 1 is 0.959 bits per heavy atom. The summed E-state index contributed by atoms with van der Waals surface area (Å²) in [6, 6.07) is 27.4. The molecule has 1 fully saturated rings. The van der Waals surface area contributed by atoms with Crippen LogP contribution in [0, 0.1) is 5.92 Å². The Hall–Kier alpha value is -4.68. The van der Waals surface area contributed by atoms with Gasteiger partial charge in [0, 0.05) is 53.9 Å². The Bertz CT molecular complexity index is 2090.